The highest BCUT2D eigenvalue weighted by Crippen LogP contribution is 2.19. The van der Waals surface area contributed by atoms with E-state index in [1.807, 2.05) is 0 Å². The lowest BCUT2D eigenvalue weighted by atomic mass is 10.2. The quantitative estimate of drug-likeness (QED) is 0.595. The smallest absolute Gasteiger partial charge is 0.341 e. The molecule has 3 aromatic rings. The molecule has 3 rings (SSSR count). The van der Waals surface area contributed by atoms with Crippen LogP contribution in [0.25, 0.3) is 4.96 Å². The zero-order chi connectivity index (χ0) is 19.8. The Bertz CT molecular complexity index is 1170. The van der Waals surface area contributed by atoms with Gasteiger partial charge in [-0.3, -0.25) is 9.20 Å². The van der Waals surface area contributed by atoms with Gasteiger partial charge in [0.1, 0.15) is 6.61 Å². The Balaban J connectivity index is 1.74. The van der Waals surface area contributed by atoms with Crippen LogP contribution >= 0.6 is 11.3 Å². The lowest BCUT2D eigenvalue weighted by Gasteiger charge is -2.06. The number of aryl methyl sites for hydroxylation is 1. The van der Waals surface area contributed by atoms with Crippen molar-refractivity contribution in [2.24, 2.45) is 0 Å². The van der Waals surface area contributed by atoms with Crippen LogP contribution in [0.2, 0.25) is 0 Å². The van der Waals surface area contributed by atoms with Crippen LogP contribution in [0.15, 0.2) is 45.4 Å². The van der Waals surface area contributed by atoms with Gasteiger partial charge in [0.15, 0.2) is 4.96 Å². The number of carbonyl (C=O) groups is 1. The van der Waals surface area contributed by atoms with Crippen molar-refractivity contribution in [1.82, 2.24) is 9.38 Å². The topological polar surface area (TPSA) is 94.8 Å². The number of fused-ring (bicyclic) bond motifs is 1. The minimum Gasteiger partial charge on any atom is -0.456 e. The predicted molar refractivity (Wildman–Crippen MR) is 92.8 cm³/mol. The van der Waals surface area contributed by atoms with Gasteiger partial charge in [-0.1, -0.05) is 0 Å². The van der Waals surface area contributed by atoms with Gasteiger partial charge in [0.05, 0.1) is 16.2 Å². The molecule has 0 aliphatic heterocycles. The SMILES string of the molecule is Cc1csc2nc(COC(=O)c3ccc(S(=O)(=O)C(F)F)cc3)cc(=O)n12. The molecule has 0 bridgehead atoms. The molecule has 7 nitrogen and oxygen atoms in total. The maximum atomic E-state index is 12.5. The van der Waals surface area contributed by atoms with Crippen LogP contribution in [0.1, 0.15) is 21.7 Å². The molecule has 0 radical (unpaired) electrons. The number of carbonyl (C=O) groups excluding carboxylic acids is 1. The Morgan fingerprint density at radius 2 is 1.96 bits per heavy atom. The Kier molecular flexibility index (Phi) is 5.07. The van der Waals surface area contributed by atoms with Crippen LogP contribution in [0, 0.1) is 6.92 Å². The molecule has 0 atom stereocenters. The zero-order valence-corrected chi connectivity index (χ0v) is 15.4. The number of benzene rings is 1. The molecule has 0 amide bonds. The van der Waals surface area contributed by atoms with Gasteiger partial charge in [0.25, 0.3) is 5.56 Å². The molecule has 2 heterocycles. The molecular formula is C16H12F2N2O5S2. The second-order valence-corrected chi connectivity index (χ2v) is 8.24. The summed E-state index contributed by atoms with van der Waals surface area (Å²) in [7, 11) is -4.73. The monoisotopic (exact) mass is 414 g/mol. The van der Waals surface area contributed by atoms with Crippen LogP contribution in [-0.4, -0.2) is 29.5 Å². The first-order chi connectivity index (χ1) is 12.7. The fourth-order valence-corrected chi connectivity index (χ4v) is 3.89. The summed E-state index contributed by atoms with van der Waals surface area (Å²) in [6, 6.07) is 5.21. The predicted octanol–water partition coefficient (Wildman–Crippen LogP) is 2.42. The van der Waals surface area contributed by atoms with Crippen LogP contribution in [-0.2, 0) is 21.2 Å². The van der Waals surface area contributed by atoms with E-state index in [4.69, 9.17) is 4.74 Å². The molecule has 0 fully saturated rings. The maximum Gasteiger partial charge on any atom is 0.341 e. The van der Waals surface area contributed by atoms with Crippen molar-refractivity contribution < 1.29 is 26.7 Å². The lowest BCUT2D eigenvalue weighted by molar-refractivity contribution is 0.0467. The van der Waals surface area contributed by atoms with Crippen molar-refractivity contribution in [1.29, 1.82) is 0 Å². The number of nitrogens with zero attached hydrogens (tertiary/aromatic N) is 2. The number of thiazole rings is 1. The molecule has 1 aromatic carbocycles. The number of esters is 1. The highest BCUT2D eigenvalue weighted by atomic mass is 32.2. The molecule has 0 aliphatic carbocycles. The number of ether oxygens (including phenoxy) is 1. The minimum absolute atomic E-state index is 0.0204. The maximum absolute atomic E-state index is 12.5. The molecule has 142 valence electrons. The van der Waals surface area contributed by atoms with Crippen LogP contribution in [0.4, 0.5) is 8.78 Å². The summed E-state index contributed by atoms with van der Waals surface area (Å²) in [4.78, 5) is 28.2. The average molecular weight is 414 g/mol. The molecule has 11 heteroatoms. The molecule has 0 saturated carbocycles. The first-order valence-electron chi connectivity index (χ1n) is 7.46. The molecule has 0 unspecified atom stereocenters. The number of hydrogen-bond donors (Lipinski definition) is 0. The van der Waals surface area contributed by atoms with Crippen LogP contribution in [0.5, 0.6) is 0 Å². The minimum atomic E-state index is -4.73. The van der Waals surface area contributed by atoms with Crippen LogP contribution < -0.4 is 5.56 Å². The summed E-state index contributed by atoms with van der Waals surface area (Å²) in [5.74, 6) is -4.35. The molecule has 27 heavy (non-hydrogen) atoms. The van der Waals surface area contributed by atoms with E-state index >= 15 is 0 Å². The lowest BCUT2D eigenvalue weighted by Crippen LogP contribution is -2.16. The van der Waals surface area contributed by atoms with E-state index < -0.39 is 26.5 Å². The molecule has 0 spiro atoms. The van der Waals surface area contributed by atoms with Crippen molar-refractivity contribution in [2.45, 2.75) is 24.2 Å². The summed E-state index contributed by atoms with van der Waals surface area (Å²) in [5.41, 5.74) is 0.682. The van der Waals surface area contributed by atoms with E-state index in [1.165, 1.54) is 21.8 Å². The second kappa shape index (κ2) is 7.16. The summed E-state index contributed by atoms with van der Waals surface area (Å²) in [5, 5.41) is 1.77. The van der Waals surface area contributed by atoms with E-state index in [1.54, 1.807) is 12.3 Å². The van der Waals surface area contributed by atoms with Gasteiger partial charge in [-0.15, -0.1) is 11.3 Å². The normalized spacial score (nSPS) is 11.9. The standard InChI is InChI=1S/C16H12F2N2O5S2/c1-9-8-26-16-19-11(6-13(21)20(9)16)7-25-14(22)10-2-4-12(5-3-10)27(23,24)15(17)18/h2-6,8,15H,7H2,1H3. The van der Waals surface area contributed by atoms with Crippen molar-refractivity contribution in [3.05, 3.63) is 63.0 Å². The summed E-state index contributed by atoms with van der Waals surface area (Å²) in [6.07, 6.45) is 0. The van der Waals surface area contributed by atoms with Crippen molar-refractivity contribution in [3.8, 4) is 0 Å². The van der Waals surface area contributed by atoms with E-state index in [2.05, 4.69) is 4.98 Å². The third-order valence-corrected chi connectivity index (χ3v) is 5.97. The number of sulfone groups is 1. The largest absolute Gasteiger partial charge is 0.456 e. The van der Waals surface area contributed by atoms with E-state index in [0.717, 1.165) is 30.0 Å². The summed E-state index contributed by atoms with van der Waals surface area (Å²) >= 11 is 1.27. The van der Waals surface area contributed by atoms with Gasteiger partial charge < -0.3 is 4.74 Å². The Morgan fingerprint density at radius 3 is 2.59 bits per heavy atom. The highest BCUT2D eigenvalue weighted by molar-refractivity contribution is 7.91. The Morgan fingerprint density at radius 1 is 1.30 bits per heavy atom. The molecule has 2 aromatic heterocycles. The number of alkyl halides is 2. The fourth-order valence-electron chi connectivity index (χ4n) is 2.28. The summed E-state index contributed by atoms with van der Waals surface area (Å²) < 4.78 is 54.2. The summed E-state index contributed by atoms with van der Waals surface area (Å²) in [6.45, 7) is 1.50. The van der Waals surface area contributed by atoms with Gasteiger partial charge in [-0.05, 0) is 31.2 Å². The fraction of sp³-hybridized carbons (Fsp3) is 0.188. The average Bonchev–Trinajstić information content (AvgIpc) is 3.01. The third-order valence-electron chi connectivity index (χ3n) is 3.63. The zero-order valence-electron chi connectivity index (χ0n) is 13.8. The second-order valence-electron chi connectivity index (χ2n) is 5.49. The van der Waals surface area contributed by atoms with E-state index in [9.17, 15) is 26.8 Å². The van der Waals surface area contributed by atoms with Crippen molar-refractivity contribution in [2.75, 3.05) is 0 Å². The Labute approximate surface area is 155 Å². The molecular weight excluding hydrogens is 402 g/mol. The van der Waals surface area contributed by atoms with E-state index in [-0.39, 0.29) is 23.4 Å². The first kappa shape index (κ1) is 19.1. The Hall–Kier alpha value is -2.66. The number of hydrogen-bond acceptors (Lipinski definition) is 7. The highest BCUT2D eigenvalue weighted by Gasteiger charge is 2.26. The van der Waals surface area contributed by atoms with E-state index in [0.29, 0.717) is 4.96 Å². The van der Waals surface area contributed by atoms with Crippen molar-refractivity contribution in [3.63, 3.8) is 0 Å². The number of halogens is 2. The van der Waals surface area contributed by atoms with Gasteiger partial charge >= 0.3 is 11.7 Å². The first-order valence-corrected chi connectivity index (χ1v) is 9.89. The van der Waals surface area contributed by atoms with Gasteiger partial charge in [0.2, 0.25) is 9.84 Å². The third kappa shape index (κ3) is 3.74. The van der Waals surface area contributed by atoms with Crippen LogP contribution in [0.3, 0.4) is 0 Å². The number of aromatic nitrogens is 2. The number of rotatable bonds is 5. The van der Waals surface area contributed by atoms with Crippen molar-refractivity contribution >= 4 is 32.1 Å². The molecule has 0 N–H and O–H groups in total. The molecule has 0 aliphatic rings. The molecule has 0 saturated heterocycles. The van der Waals surface area contributed by atoms with Gasteiger partial charge in [0, 0.05) is 17.1 Å². The van der Waals surface area contributed by atoms with Gasteiger partial charge in [-0.2, -0.15) is 8.78 Å². The van der Waals surface area contributed by atoms with Gasteiger partial charge in [-0.25, -0.2) is 18.2 Å².